The van der Waals surface area contributed by atoms with Gasteiger partial charge in [0.25, 0.3) is 0 Å². The van der Waals surface area contributed by atoms with Crippen molar-refractivity contribution in [2.45, 2.75) is 0 Å². The molecular formula is C4H8HgOS2. The molecule has 1 rings (SSSR count). The fraction of sp³-hybridized carbons (Fsp3) is 1.00. The fourth-order valence-corrected chi connectivity index (χ4v) is 17.5. The van der Waals surface area contributed by atoms with Gasteiger partial charge in [-0.15, -0.1) is 0 Å². The van der Waals surface area contributed by atoms with E-state index in [1.807, 2.05) is 0 Å². The van der Waals surface area contributed by atoms with Crippen LogP contribution in [0.2, 0.25) is 0 Å². The minimum atomic E-state index is -0.424. The van der Waals surface area contributed by atoms with E-state index in [-0.39, 0.29) is 0 Å². The van der Waals surface area contributed by atoms with Crippen LogP contribution >= 0.6 is 16.5 Å². The van der Waals surface area contributed by atoms with E-state index in [0.29, 0.717) is 0 Å². The van der Waals surface area contributed by atoms with Crippen molar-refractivity contribution in [3.8, 4) is 0 Å². The standard InChI is InChI=1S/C4H10OS2.Hg/c6-3-1-5-2-4-7;/h6-7H,1-4H2;/q;+2/p-2. The van der Waals surface area contributed by atoms with E-state index in [9.17, 15) is 0 Å². The molecule has 44 valence electrons. The molecule has 1 aliphatic heterocycles. The van der Waals surface area contributed by atoms with Gasteiger partial charge in [0, 0.05) is 0 Å². The summed E-state index contributed by atoms with van der Waals surface area (Å²) in [6.07, 6.45) is 0. The SMILES string of the molecule is C1C[S][Hg][S]CCO1. The first-order valence-electron chi connectivity index (χ1n) is 2.73. The molecule has 1 saturated heterocycles. The van der Waals surface area contributed by atoms with E-state index in [4.69, 9.17) is 4.74 Å². The van der Waals surface area contributed by atoms with Gasteiger partial charge >= 0.3 is 67.5 Å². The molecule has 0 aromatic heterocycles. The van der Waals surface area contributed by atoms with Crippen LogP contribution in [0.4, 0.5) is 0 Å². The summed E-state index contributed by atoms with van der Waals surface area (Å²) in [6, 6.07) is 0. The Morgan fingerprint density at radius 1 is 1.12 bits per heavy atom. The monoisotopic (exact) mass is 338 g/mol. The van der Waals surface area contributed by atoms with Crippen LogP contribution in [0.1, 0.15) is 0 Å². The van der Waals surface area contributed by atoms with Gasteiger partial charge in [-0.25, -0.2) is 0 Å². The molecule has 0 spiro atoms. The predicted molar refractivity (Wildman–Crippen MR) is 35.7 cm³/mol. The second kappa shape index (κ2) is 5.39. The Balaban J connectivity index is 2.00. The fourth-order valence-electron chi connectivity index (χ4n) is 0.515. The average Bonchev–Trinajstić information content (AvgIpc) is 1.62. The molecule has 0 aromatic rings. The first-order chi connectivity index (χ1) is 4.00. The van der Waals surface area contributed by atoms with E-state index in [0.717, 1.165) is 13.2 Å². The van der Waals surface area contributed by atoms with Gasteiger partial charge in [0.05, 0.1) is 0 Å². The molecule has 1 nitrogen and oxygen atoms in total. The average molecular weight is 337 g/mol. The van der Waals surface area contributed by atoms with Crippen LogP contribution in [-0.4, -0.2) is 24.7 Å². The van der Waals surface area contributed by atoms with E-state index >= 15 is 0 Å². The summed E-state index contributed by atoms with van der Waals surface area (Å²) in [7, 11) is 4.38. The van der Waals surface area contributed by atoms with Crippen LogP contribution in [0.15, 0.2) is 0 Å². The molecule has 1 heterocycles. The topological polar surface area (TPSA) is 9.23 Å². The molecule has 4 heteroatoms. The summed E-state index contributed by atoms with van der Waals surface area (Å²) in [5, 5.41) is 0. The summed E-state index contributed by atoms with van der Waals surface area (Å²) in [5.41, 5.74) is 0. The third kappa shape index (κ3) is 3.59. The van der Waals surface area contributed by atoms with Crippen molar-refractivity contribution in [1.82, 2.24) is 0 Å². The van der Waals surface area contributed by atoms with Crippen molar-refractivity contribution in [2.75, 3.05) is 24.7 Å². The van der Waals surface area contributed by atoms with Crippen LogP contribution in [0, 0.1) is 0 Å². The Hall–Kier alpha value is 1.60. The summed E-state index contributed by atoms with van der Waals surface area (Å²) >= 11 is -0.424. The van der Waals surface area contributed by atoms with E-state index in [2.05, 4.69) is 16.5 Å². The van der Waals surface area contributed by atoms with Crippen molar-refractivity contribution in [2.24, 2.45) is 0 Å². The molecule has 0 amide bonds. The minimum absolute atomic E-state index is 0.424. The van der Waals surface area contributed by atoms with Gasteiger partial charge in [-0.05, 0) is 0 Å². The quantitative estimate of drug-likeness (QED) is 0.619. The summed E-state index contributed by atoms with van der Waals surface area (Å²) in [6.45, 7) is 2.01. The summed E-state index contributed by atoms with van der Waals surface area (Å²) in [5.74, 6) is 2.54. The molecule has 0 unspecified atom stereocenters. The van der Waals surface area contributed by atoms with Gasteiger partial charge < -0.3 is 0 Å². The Morgan fingerprint density at radius 2 is 1.75 bits per heavy atom. The third-order valence-corrected chi connectivity index (χ3v) is 21.6. The van der Waals surface area contributed by atoms with Crippen molar-refractivity contribution in [1.29, 1.82) is 0 Å². The van der Waals surface area contributed by atoms with E-state index in [1.54, 1.807) is 0 Å². The molecule has 8 heavy (non-hydrogen) atoms. The Bertz CT molecular complexity index is 38.0. The Morgan fingerprint density at radius 3 is 2.38 bits per heavy atom. The molecule has 1 fully saturated rings. The molecule has 0 aliphatic carbocycles. The van der Waals surface area contributed by atoms with Gasteiger partial charge in [-0.2, -0.15) is 0 Å². The summed E-state index contributed by atoms with van der Waals surface area (Å²) in [4.78, 5) is 0. The van der Waals surface area contributed by atoms with Gasteiger partial charge in [0.1, 0.15) is 0 Å². The maximum absolute atomic E-state index is 5.27. The van der Waals surface area contributed by atoms with Gasteiger partial charge in [0.2, 0.25) is 0 Å². The van der Waals surface area contributed by atoms with Crippen LogP contribution < -0.4 is 0 Å². The van der Waals surface area contributed by atoms with Gasteiger partial charge in [-0.3, -0.25) is 0 Å². The number of hydrogen-bond acceptors (Lipinski definition) is 3. The Kier molecular flexibility index (Phi) is 5.18. The zero-order valence-electron chi connectivity index (χ0n) is 4.76. The third-order valence-electron chi connectivity index (χ3n) is 0.911. The number of ether oxygens (including phenoxy) is 1. The summed E-state index contributed by atoms with van der Waals surface area (Å²) < 4.78 is 5.27. The van der Waals surface area contributed by atoms with Crippen LogP contribution in [0.5, 0.6) is 0 Å². The molecular weight excluding hydrogens is 329 g/mol. The normalized spacial score (nSPS) is 22.0. The molecule has 0 radical (unpaired) electrons. The zero-order chi connectivity index (χ0) is 5.66. The number of rotatable bonds is 0. The molecule has 0 atom stereocenters. The van der Waals surface area contributed by atoms with E-state index < -0.39 is 21.5 Å². The first kappa shape index (κ1) is 7.70. The maximum atomic E-state index is 5.27. The van der Waals surface area contributed by atoms with Crippen molar-refractivity contribution in [3.63, 3.8) is 0 Å². The molecule has 0 N–H and O–H groups in total. The zero-order valence-corrected chi connectivity index (χ0v) is 11.9. The van der Waals surface area contributed by atoms with E-state index in [1.165, 1.54) is 11.5 Å². The molecule has 0 aromatic carbocycles. The van der Waals surface area contributed by atoms with Crippen molar-refractivity contribution < 1.29 is 26.3 Å². The predicted octanol–water partition coefficient (Wildman–Crippen LogP) is 1.40. The van der Waals surface area contributed by atoms with Crippen LogP contribution in [0.25, 0.3) is 0 Å². The second-order valence-corrected chi connectivity index (χ2v) is 21.9. The second-order valence-electron chi connectivity index (χ2n) is 1.55. The van der Waals surface area contributed by atoms with Crippen molar-refractivity contribution >= 4 is 16.5 Å². The van der Waals surface area contributed by atoms with Crippen molar-refractivity contribution in [3.05, 3.63) is 0 Å². The van der Waals surface area contributed by atoms with Crippen LogP contribution in [-0.2, 0) is 26.3 Å². The van der Waals surface area contributed by atoms with Gasteiger partial charge in [-0.1, -0.05) is 0 Å². The van der Waals surface area contributed by atoms with Crippen LogP contribution in [0.3, 0.4) is 0 Å². The Labute approximate surface area is 67.0 Å². The molecule has 0 bridgehead atoms. The molecule has 1 aliphatic rings. The first-order valence-corrected chi connectivity index (χ1v) is 18.5. The van der Waals surface area contributed by atoms with Gasteiger partial charge in [0.15, 0.2) is 0 Å². The number of hydrogen-bond donors (Lipinski definition) is 0. The molecule has 0 saturated carbocycles.